The fourth-order valence-electron chi connectivity index (χ4n) is 3.42. The molecule has 150 valence electrons. The van der Waals surface area contributed by atoms with E-state index in [9.17, 15) is 14.7 Å². The minimum Gasteiger partial charge on any atom is -0.493 e. The van der Waals surface area contributed by atoms with Crippen LogP contribution in [0.5, 0.6) is 11.5 Å². The van der Waals surface area contributed by atoms with E-state index in [1.807, 2.05) is 0 Å². The van der Waals surface area contributed by atoms with Gasteiger partial charge in [0.05, 0.1) is 14.2 Å². The van der Waals surface area contributed by atoms with Crippen LogP contribution in [0.1, 0.15) is 42.0 Å². The van der Waals surface area contributed by atoms with Gasteiger partial charge in [0.2, 0.25) is 5.91 Å². The summed E-state index contributed by atoms with van der Waals surface area (Å²) in [4.78, 5) is 26.4. The number of methoxy groups -OCH3 is 2. The van der Waals surface area contributed by atoms with Gasteiger partial charge < -0.3 is 29.7 Å². The number of aromatic nitrogens is 1. The summed E-state index contributed by atoms with van der Waals surface area (Å²) in [5.41, 5.74) is 6.35. The number of rotatable bonds is 6. The Labute approximate surface area is 162 Å². The minimum absolute atomic E-state index is 0.0323. The molecule has 2 aromatic rings. The lowest BCUT2D eigenvalue weighted by atomic mass is 10.0. The summed E-state index contributed by atoms with van der Waals surface area (Å²) in [6.45, 7) is 1.87. The van der Waals surface area contributed by atoms with Crippen LogP contribution >= 0.6 is 0 Å². The molecule has 0 saturated carbocycles. The molecule has 2 heterocycles. The van der Waals surface area contributed by atoms with Crippen molar-refractivity contribution in [3.63, 3.8) is 0 Å². The van der Waals surface area contributed by atoms with E-state index in [0.29, 0.717) is 36.4 Å². The molecule has 3 rings (SSSR count). The molecule has 28 heavy (non-hydrogen) atoms. The highest BCUT2D eigenvalue weighted by atomic mass is 16.5. The highest BCUT2D eigenvalue weighted by Crippen LogP contribution is 2.36. The van der Waals surface area contributed by atoms with Crippen molar-refractivity contribution in [1.29, 1.82) is 0 Å². The van der Waals surface area contributed by atoms with Crippen molar-refractivity contribution in [3.8, 4) is 22.8 Å². The number of hydrogen-bond donors (Lipinski definition) is 2. The number of likely N-dealkylation sites (tertiary alicyclic amines) is 1. The molecule has 0 radical (unpaired) electrons. The van der Waals surface area contributed by atoms with Crippen LogP contribution in [0.4, 0.5) is 0 Å². The van der Waals surface area contributed by atoms with Crippen LogP contribution in [0, 0.1) is 0 Å². The van der Waals surface area contributed by atoms with Crippen LogP contribution in [0.3, 0.4) is 0 Å². The van der Waals surface area contributed by atoms with Crippen LogP contribution in [0.15, 0.2) is 22.7 Å². The third kappa shape index (κ3) is 3.40. The van der Waals surface area contributed by atoms with E-state index in [1.165, 1.54) is 26.0 Å². The Morgan fingerprint density at radius 2 is 2.04 bits per heavy atom. The lowest BCUT2D eigenvalue weighted by Gasteiger charge is -2.22. The van der Waals surface area contributed by atoms with Crippen molar-refractivity contribution in [3.05, 3.63) is 29.5 Å². The average molecular weight is 389 g/mol. The zero-order valence-corrected chi connectivity index (χ0v) is 16.0. The molecule has 2 unspecified atom stereocenters. The molecule has 2 amide bonds. The second-order valence-corrected chi connectivity index (χ2v) is 6.58. The maximum absolute atomic E-state index is 13.3. The molecular formula is C19H23N3O6. The maximum Gasteiger partial charge on any atom is 0.260 e. The summed E-state index contributed by atoms with van der Waals surface area (Å²) < 4.78 is 15.8. The van der Waals surface area contributed by atoms with Crippen molar-refractivity contribution in [1.82, 2.24) is 10.1 Å². The molecule has 9 heteroatoms. The number of hydrogen-bond acceptors (Lipinski definition) is 7. The predicted octanol–water partition coefficient (Wildman–Crippen LogP) is 1.50. The molecule has 1 saturated heterocycles. The van der Waals surface area contributed by atoms with Crippen molar-refractivity contribution in [2.75, 3.05) is 20.8 Å². The van der Waals surface area contributed by atoms with E-state index >= 15 is 0 Å². The first-order valence-corrected chi connectivity index (χ1v) is 8.89. The highest BCUT2D eigenvalue weighted by molar-refractivity contribution is 6.03. The van der Waals surface area contributed by atoms with E-state index < -0.39 is 24.0 Å². The Morgan fingerprint density at radius 3 is 2.64 bits per heavy atom. The number of primary amides is 1. The molecular weight excluding hydrogens is 366 g/mol. The zero-order valence-electron chi connectivity index (χ0n) is 16.0. The number of carbonyl (C=O) groups is 2. The SMILES string of the molecule is COc1ccc(-c2noc(C(C)O)c2C(=O)N2CCCC2C(N)=O)cc1OC. The first kappa shape index (κ1) is 19.7. The molecule has 9 nitrogen and oxygen atoms in total. The molecule has 1 aliphatic heterocycles. The molecule has 1 aromatic heterocycles. The van der Waals surface area contributed by atoms with Gasteiger partial charge in [-0.1, -0.05) is 5.16 Å². The summed E-state index contributed by atoms with van der Waals surface area (Å²) >= 11 is 0. The summed E-state index contributed by atoms with van der Waals surface area (Å²) in [5, 5.41) is 14.1. The van der Waals surface area contributed by atoms with Crippen LogP contribution in [0.2, 0.25) is 0 Å². The number of ether oxygens (including phenoxy) is 2. The number of carbonyl (C=O) groups excluding carboxylic acids is 2. The third-order valence-electron chi connectivity index (χ3n) is 4.81. The largest absolute Gasteiger partial charge is 0.493 e. The van der Waals surface area contributed by atoms with E-state index in [4.69, 9.17) is 19.7 Å². The number of nitrogens with two attached hydrogens (primary N) is 1. The van der Waals surface area contributed by atoms with Gasteiger partial charge in [-0.05, 0) is 38.0 Å². The quantitative estimate of drug-likeness (QED) is 0.766. The fraction of sp³-hybridized carbons (Fsp3) is 0.421. The van der Waals surface area contributed by atoms with Gasteiger partial charge in [0, 0.05) is 12.1 Å². The zero-order chi connectivity index (χ0) is 20.4. The molecule has 2 atom stereocenters. The van der Waals surface area contributed by atoms with Gasteiger partial charge in [-0.2, -0.15) is 0 Å². The van der Waals surface area contributed by atoms with Crippen LogP contribution < -0.4 is 15.2 Å². The van der Waals surface area contributed by atoms with Crippen molar-refractivity contribution in [2.24, 2.45) is 5.73 Å². The summed E-state index contributed by atoms with van der Waals surface area (Å²) in [7, 11) is 3.02. The normalized spacial score (nSPS) is 17.4. The molecule has 3 N–H and O–H groups in total. The second-order valence-electron chi connectivity index (χ2n) is 6.58. The van der Waals surface area contributed by atoms with Gasteiger partial charge in [-0.15, -0.1) is 0 Å². The number of nitrogens with zero attached hydrogens (tertiary/aromatic N) is 2. The number of amides is 2. The topological polar surface area (TPSA) is 128 Å². The Morgan fingerprint density at radius 1 is 1.32 bits per heavy atom. The van der Waals surface area contributed by atoms with Gasteiger partial charge in [0.15, 0.2) is 17.3 Å². The van der Waals surface area contributed by atoms with Gasteiger partial charge in [0.1, 0.15) is 23.4 Å². The number of aliphatic hydroxyl groups excluding tert-OH is 1. The minimum atomic E-state index is -1.06. The molecule has 0 spiro atoms. The summed E-state index contributed by atoms with van der Waals surface area (Å²) in [6, 6.07) is 4.36. The van der Waals surface area contributed by atoms with Crippen LogP contribution in [-0.4, -0.2) is 53.8 Å². The first-order valence-electron chi connectivity index (χ1n) is 8.89. The van der Waals surface area contributed by atoms with Gasteiger partial charge >= 0.3 is 0 Å². The average Bonchev–Trinajstić information content (AvgIpc) is 3.34. The van der Waals surface area contributed by atoms with Gasteiger partial charge in [-0.25, -0.2) is 0 Å². The number of benzene rings is 1. The Hall–Kier alpha value is -3.07. The smallest absolute Gasteiger partial charge is 0.260 e. The molecule has 0 bridgehead atoms. The van der Waals surface area contributed by atoms with Gasteiger partial charge in [-0.3, -0.25) is 9.59 Å². The second kappa shape index (κ2) is 7.89. The lowest BCUT2D eigenvalue weighted by molar-refractivity contribution is -0.121. The molecule has 1 fully saturated rings. The Bertz CT molecular complexity index is 892. The monoisotopic (exact) mass is 389 g/mol. The van der Waals surface area contributed by atoms with Crippen molar-refractivity contribution < 1.29 is 28.7 Å². The maximum atomic E-state index is 13.3. The predicted molar refractivity (Wildman–Crippen MR) is 98.9 cm³/mol. The van der Waals surface area contributed by atoms with E-state index in [1.54, 1.807) is 18.2 Å². The Balaban J connectivity index is 2.10. The van der Waals surface area contributed by atoms with Gasteiger partial charge in [0.25, 0.3) is 5.91 Å². The molecule has 1 aromatic carbocycles. The fourth-order valence-corrected chi connectivity index (χ4v) is 3.42. The lowest BCUT2D eigenvalue weighted by Crippen LogP contribution is -2.44. The molecule has 0 aliphatic carbocycles. The standard InChI is InChI=1S/C19H23N3O6/c1-10(23)17-15(19(25)22-8-4-5-12(22)18(20)24)16(21-28-17)11-6-7-13(26-2)14(9-11)27-3/h6-7,9-10,12,23H,4-5,8H2,1-3H3,(H2,20,24). The van der Waals surface area contributed by atoms with Crippen molar-refractivity contribution >= 4 is 11.8 Å². The van der Waals surface area contributed by atoms with E-state index in [2.05, 4.69) is 5.16 Å². The summed E-state index contributed by atoms with van der Waals surface area (Å²) in [5.74, 6) is -0.00963. The van der Waals surface area contributed by atoms with E-state index in [0.717, 1.165) is 0 Å². The molecule has 1 aliphatic rings. The number of aliphatic hydroxyl groups is 1. The Kier molecular flexibility index (Phi) is 5.55. The highest BCUT2D eigenvalue weighted by Gasteiger charge is 2.37. The van der Waals surface area contributed by atoms with Crippen LogP contribution in [0.25, 0.3) is 11.3 Å². The van der Waals surface area contributed by atoms with Crippen LogP contribution in [-0.2, 0) is 4.79 Å². The first-order chi connectivity index (χ1) is 13.4. The summed E-state index contributed by atoms with van der Waals surface area (Å²) in [6.07, 6.45) is 0.109. The van der Waals surface area contributed by atoms with E-state index in [-0.39, 0.29) is 17.0 Å². The van der Waals surface area contributed by atoms with Crippen molar-refractivity contribution in [2.45, 2.75) is 31.9 Å². The third-order valence-corrected chi connectivity index (χ3v) is 4.81.